The van der Waals surface area contributed by atoms with Gasteiger partial charge in [0.2, 0.25) is 11.8 Å². The first-order valence-corrected chi connectivity index (χ1v) is 10.7. The number of hydrogen-bond acceptors (Lipinski definition) is 4. The summed E-state index contributed by atoms with van der Waals surface area (Å²) in [5, 5.41) is 9.32. The summed E-state index contributed by atoms with van der Waals surface area (Å²) in [5.74, 6) is -0.824. The van der Waals surface area contributed by atoms with Crippen molar-refractivity contribution < 1.29 is 19.2 Å². The Morgan fingerprint density at radius 1 is 0.700 bits per heavy atom. The highest BCUT2D eigenvalue weighted by molar-refractivity contribution is 5.96. The van der Waals surface area contributed by atoms with E-state index in [-0.39, 0.29) is 23.7 Å². The molecule has 2 aliphatic carbocycles. The lowest BCUT2D eigenvalue weighted by Gasteiger charge is -2.18. The number of imide groups is 2. The van der Waals surface area contributed by atoms with Crippen LogP contribution >= 0.6 is 0 Å². The fourth-order valence-electron chi connectivity index (χ4n) is 3.41. The van der Waals surface area contributed by atoms with Gasteiger partial charge < -0.3 is 10.6 Å². The number of carbonyl (C=O) groups is 4. The van der Waals surface area contributed by atoms with Crippen LogP contribution in [0.5, 0.6) is 0 Å². The van der Waals surface area contributed by atoms with Crippen LogP contribution in [0.25, 0.3) is 0 Å². The minimum atomic E-state index is -0.441. The Balaban J connectivity index is 0.000000300. The third kappa shape index (κ3) is 8.80. The summed E-state index contributed by atoms with van der Waals surface area (Å²) in [6, 6.07) is -0.883. The van der Waals surface area contributed by atoms with Crippen LogP contribution in [-0.2, 0) is 9.59 Å². The van der Waals surface area contributed by atoms with Gasteiger partial charge in [-0.1, -0.05) is 23.3 Å². The summed E-state index contributed by atoms with van der Waals surface area (Å²) >= 11 is 0. The summed E-state index contributed by atoms with van der Waals surface area (Å²) in [6.45, 7) is 3.69. The van der Waals surface area contributed by atoms with E-state index in [1.54, 1.807) is 0 Å². The van der Waals surface area contributed by atoms with Crippen molar-refractivity contribution in [2.45, 2.75) is 65.2 Å². The molecule has 0 unspecified atom stereocenters. The zero-order valence-electron chi connectivity index (χ0n) is 18.6. The number of nitrogens with one attached hydrogen (secondary N) is 4. The number of carbonyl (C=O) groups excluding carboxylic acids is 4. The van der Waals surface area contributed by atoms with Gasteiger partial charge in [0.25, 0.3) is 0 Å². The minimum absolute atomic E-state index is 0.192. The quantitative estimate of drug-likeness (QED) is 0.523. The van der Waals surface area contributed by atoms with Crippen molar-refractivity contribution in [2.24, 2.45) is 11.8 Å². The molecule has 0 radical (unpaired) electrons. The lowest BCUT2D eigenvalue weighted by molar-refractivity contribution is -0.123. The van der Waals surface area contributed by atoms with Crippen LogP contribution in [0.1, 0.15) is 65.2 Å². The van der Waals surface area contributed by atoms with Crippen LogP contribution in [0.2, 0.25) is 0 Å². The van der Waals surface area contributed by atoms with Gasteiger partial charge in [0.1, 0.15) is 0 Å². The Kier molecular flexibility index (Phi) is 11.5. The lowest BCUT2D eigenvalue weighted by Crippen LogP contribution is -2.40. The Bertz CT molecular complexity index is 627. The van der Waals surface area contributed by atoms with E-state index in [1.165, 1.54) is 26.9 Å². The van der Waals surface area contributed by atoms with Gasteiger partial charge in [-0.25, -0.2) is 9.59 Å². The highest BCUT2D eigenvalue weighted by Gasteiger charge is 2.21. The summed E-state index contributed by atoms with van der Waals surface area (Å²) in [5.41, 5.74) is 2.31. The third-order valence-electron chi connectivity index (χ3n) is 5.48. The van der Waals surface area contributed by atoms with Crippen LogP contribution in [0.15, 0.2) is 23.3 Å². The lowest BCUT2D eigenvalue weighted by atomic mass is 9.90. The van der Waals surface area contributed by atoms with Gasteiger partial charge in [0.05, 0.1) is 11.8 Å². The molecule has 0 bridgehead atoms. The second-order valence-corrected chi connectivity index (χ2v) is 7.63. The van der Waals surface area contributed by atoms with E-state index >= 15 is 0 Å². The number of amides is 6. The predicted molar refractivity (Wildman–Crippen MR) is 117 cm³/mol. The van der Waals surface area contributed by atoms with Gasteiger partial charge in [0.15, 0.2) is 0 Å². The highest BCUT2D eigenvalue weighted by Crippen LogP contribution is 2.24. The second kappa shape index (κ2) is 13.6. The number of rotatable bonds is 4. The summed E-state index contributed by atoms with van der Waals surface area (Å²) in [6.07, 6.45) is 13.0. The van der Waals surface area contributed by atoms with Gasteiger partial charge >= 0.3 is 12.1 Å². The third-order valence-corrected chi connectivity index (χ3v) is 5.48. The normalized spacial score (nSPS) is 17.6. The molecule has 0 aromatic heterocycles. The largest absolute Gasteiger partial charge is 0.341 e. The Morgan fingerprint density at radius 2 is 1.07 bits per heavy atom. The number of urea groups is 2. The standard InChI is InChI=1S/2C11H18N2O2/c2*1-8(9-6-4-3-5-7-9)10(14)13-11(15)12-2/h2*6,8H,3-5,7H2,1-2H3,(H2,12,13,14,15)/t2*8-/m00/s1. The van der Waals surface area contributed by atoms with E-state index in [9.17, 15) is 19.2 Å². The monoisotopic (exact) mass is 420 g/mol. The van der Waals surface area contributed by atoms with Gasteiger partial charge in [-0.05, 0) is 65.2 Å². The molecule has 8 heteroatoms. The van der Waals surface area contributed by atoms with Gasteiger partial charge in [-0.2, -0.15) is 0 Å². The Morgan fingerprint density at radius 3 is 1.33 bits per heavy atom. The maximum absolute atomic E-state index is 11.6. The molecule has 2 rings (SSSR count). The molecule has 2 atom stereocenters. The predicted octanol–water partition coefficient (Wildman–Crippen LogP) is 3.16. The van der Waals surface area contributed by atoms with Crippen molar-refractivity contribution in [1.82, 2.24) is 21.3 Å². The molecule has 4 N–H and O–H groups in total. The van der Waals surface area contributed by atoms with Crippen LogP contribution < -0.4 is 21.3 Å². The van der Waals surface area contributed by atoms with Crippen LogP contribution in [0, 0.1) is 11.8 Å². The van der Waals surface area contributed by atoms with Gasteiger partial charge in [-0.3, -0.25) is 20.2 Å². The van der Waals surface area contributed by atoms with Crippen molar-refractivity contribution in [2.75, 3.05) is 14.1 Å². The van der Waals surface area contributed by atoms with E-state index in [2.05, 4.69) is 33.4 Å². The zero-order chi connectivity index (χ0) is 22.5. The molecule has 0 saturated carbocycles. The number of allylic oxidation sites excluding steroid dienone is 2. The summed E-state index contributed by atoms with van der Waals surface area (Å²) in [4.78, 5) is 45.1. The van der Waals surface area contributed by atoms with Crippen LogP contribution in [-0.4, -0.2) is 38.0 Å². The highest BCUT2D eigenvalue weighted by atomic mass is 16.2. The molecule has 0 spiro atoms. The number of hydrogen-bond donors (Lipinski definition) is 4. The minimum Gasteiger partial charge on any atom is -0.341 e. The first-order valence-electron chi connectivity index (χ1n) is 10.7. The van der Waals surface area contributed by atoms with Gasteiger partial charge in [-0.15, -0.1) is 0 Å². The molecule has 8 nitrogen and oxygen atoms in total. The van der Waals surface area contributed by atoms with E-state index in [0.29, 0.717) is 0 Å². The van der Waals surface area contributed by atoms with E-state index < -0.39 is 12.1 Å². The maximum atomic E-state index is 11.6. The van der Waals surface area contributed by atoms with E-state index in [0.717, 1.165) is 49.7 Å². The molecule has 0 aromatic rings. The Hall–Kier alpha value is -2.64. The summed E-state index contributed by atoms with van der Waals surface area (Å²) in [7, 11) is 2.99. The first-order chi connectivity index (χ1) is 14.3. The van der Waals surface area contributed by atoms with Gasteiger partial charge in [0, 0.05) is 14.1 Å². The smallest absolute Gasteiger partial charge is 0.321 e. The molecule has 168 valence electrons. The van der Waals surface area contributed by atoms with Crippen molar-refractivity contribution in [3.05, 3.63) is 23.3 Å². The molecule has 0 heterocycles. The molecule has 0 saturated heterocycles. The van der Waals surface area contributed by atoms with Crippen LogP contribution in [0.4, 0.5) is 9.59 Å². The maximum Gasteiger partial charge on any atom is 0.321 e. The van der Waals surface area contributed by atoms with E-state index in [1.807, 2.05) is 13.8 Å². The van der Waals surface area contributed by atoms with Crippen molar-refractivity contribution in [1.29, 1.82) is 0 Å². The van der Waals surface area contributed by atoms with Crippen molar-refractivity contribution >= 4 is 23.9 Å². The second-order valence-electron chi connectivity index (χ2n) is 7.63. The molecule has 0 fully saturated rings. The first kappa shape index (κ1) is 25.4. The van der Waals surface area contributed by atoms with Crippen LogP contribution in [0.3, 0.4) is 0 Å². The molecule has 30 heavy (non-hydrogen) atoms. The van der Waals surface area contributed by atoms with Crippen molar-refractivity contribution in [3.8, 4) is 0 Å². The average Bonchev–Trinajstić information content (AvgIpc) is 2.79. The van der Waals surface area contributed by atoms with E-state index in [4.69, 9.17) is 0 Å². The molecule has 2 aliphatic rings. The topological polar surface area (TPSA) is 116 Å². The fourth-order valence-corrected chi connectivity index (χ4v) is 3.41. The SMILES string of the molecule is CNC(=O)NC(=O)[C@@H](C)C1=CCCCC1.CNC(=O)NC(=O)[C@@H](C)C1=CCCCC1. The molecule has 0 aliphatic heterocycles. The molecule has 6 amide bonds. The summed E-state index contributed by atoms with van der Waals surface area (Å²) < 4.78 is 0. The van der Waals surface area contributed by atoms with Crippen molar-refractivity contribution in [3.63, 3.8) is 0 Å². The molecular formula is C22H36N4O4. The fraction of sp³-hybridized carbons (Fsp3) is 0.636. The zero-order valence-corrected chi connectivity index (χ0v) is 18.6. The molecular weight excluding hydrogens is 384 g/mol. The molecule has 0 aromatic carbocycles. The Labute approximate surface area is 179 Å². The average molecular weight is 421 g/mol.